The molecule has 4 rings (SSSR count). The van der Waals surface area contributed by atoms with Crippen molar-refractivity contribution in [3.63, 3.8) is 0 Å². The minimum Gasteiger partial charge on any atom is -0.439 e. The molecular formula is C23H19N3O6S. The SMILES string of the molecule is Cc1ccc(C)c(S(=O)(=O)Oc2ccc(C(=O)OCn3nnc4ccccc4c3=O)cc2)c1. The predicted octanol–water partition coefficient (Wildman–Crippen LogP) is 2.99. The lowest BCUT2D eigenvalue weighted by Crippen LogP contribution is -2.26. The number of aromatic nitrogens is 3. The van der Waals surface area contributed by atoms with Crippen LogP contribution in [-0.4, -0.2) is 29.4 Å². The van der Waals surface area contributed by atoms with Crippen molar-refractivity contribution < 1.29 is 22.1 Å². The quantitative estimate of drug-likeness (QED) is 0.315. The number of hydrogen-bond donors (Lipinski definition) is 0. The molecule has 0 bridgehead atoms. The van der Waals surface area contributed by atoms with Crippen molar-refractivity contribution in [2.24, 2.45) is 0 Å². The van der Waals surface area contributed by atoms with E-state index in [4.69, 9.17) is 8.92 Å². The van der Waals surface area contributed by atoms with Crippen LogP contribution in [0.25, 0.3) is 10.9 Å². The fourth-order valence-corrected chi connectivity index (χ4v) is 4.35. The van der Waals surface area contributed by atoms with Crippen LogP contribution in [0.5, 0.6) is 5.75 Å². The van der Waals surface area contributed by atoms with Crippen molar-refractivity contribution in [1.29, 1.82) is 0 Å². The van der Waals surface area contributed by atoms with Crippen LogP contribution in [0.4, 0.5) is 0 Å². The summed E-state index contributed by atoms with van der Waals surface area (Å²) < 4.78 is 36.5. The van der Waals surface area contributed by atoms with Crippen molar-refractivity contribution in [2.45, 2.75) is 25.5 Å². The highest BCUT2D eigenvalue weighted by Crippen LogP contribution is 2.23. The molecule has 9 nitrogen and oxygen atoms in total. The molecule has 1 aromatic heterocycles. The molecule has 0 unspecified atom stereocenters. The lowest BCUT2D eigenvalue weighted by molar-refractivity contribution is 0.0336. The predicted molar refractivity (Wildman–Crippen MR) is 119 cm³/mol. The third kappa shape index (κ3) is 4.75. The van der Waals surface area contributed by atoms with Gasteiger partial charge < -0.3 is 8.92 Å². The summed E-state index contributed by atoms with van der Waals surface area (Å²) in [5, 5.41) is 8.04. The monoisotopic (exact) mass is 465 g/mol. The second-order valence-corrected chi connectivity index (χ2v) is 8.82. The Balaban J connectivity index is 1.45. The third-order valence-electron chi connectivity index (χ3n) is 4.86. The number of carbonyl (C=O) groups excluding carboxylic acids is 1. The summed E-state index contributed by atoms with van der Waals surface area (Å²) in [6.07, 6.45) is 0. The van der Waals surface area contributed by atoms with E-state index in [2.05, 4.69) is 10.3 Å². The molecule has 3 aromatic carbocycles. The molecule has 0 atom stereocenters. The average Bonchev–Trinajstić information content (AvgIpc) is 2.80. The zero-order chi connectivity index (χ0) is 23.6. The number of carbonyl (C=O) groups is 1. The van der Waals surface area contributed by atoms with Crippen molar-refractivity contribution in [3.8, 4) is 5.75 Å². The number of hydrogen-bond acceptors (Lipinski definition) is 8. The largest absolute Gasteiger partial charge is 0.439 e. The van der Waals surface area contributed by atoms with Crippen LogP contribution in [-0.2, 0) is 21.6 Å². The number of fused-ring (bicyclic) bond motifs is 1. The fraction of sp³-hybridized carbons (Fsp3) is 0.130. The Labute approximate surface area is 189 Å². The maximum atomic E-state index is 12.6. The van der Waals surface area contributed by atoms with E-state index in [0.717, 1.165) is 10.2 Å². The normalized spacial score (nSPS) is 11.3. The van der Waals surface area contributed by atoms with Crippen LogP contribution in [0.1, 0.15) is 21.5 Å². The molecule has 0 aliphatic carbocycles. The van der Waals surface area contributed by atoms with Gasteiger partial charge in [-0.3, -0.25) is 4.79 Å². The summed E-state index contributed by atoms with van der Waals surface area (Å²) in [6.45, 7) is 3.05. The Morgan fingerprint density at radius 3 is 2.48 bits per heavy atom. The van der Waals surface area contributed by atoms with Gasteiger partial charge in [-0.2, -0.15) is 13.1 Å². The van der Waals surface area contributed by atoms with Gasteiger partial charge in [0.15, 0.2) is 6.73 Å². The van der Waals surface area contributed by atoms with Crippen molar-refractivity contribution in [3.05, 3.63) is 93.8 Å². The minimum atomic E-state index is -4.04. The zero-order valence-electron chi connectivity index (χ0n) is 17.8. The van der Waals surface area contributed by atoms with Crippen molar-refractivity contribution in [1.82, 2.24) is 15.0 Å². The highest BCUT2D eigenvalue weighted by atomic mass is 32.2. The molecule has 4 aromatic rings. The standard InChI is InChI=1S/C23H19N3O6S/c1-15-7-8-16(2)21(13-15)33(29,30)32-18-11-9-17(10-12-18)23(28)31-14-26-22(27)19-5-3-4-6-20(19)24-25-26/h3-13H,14H2,1-2H3. The second kappa shape index (κ2) is 8.83. The molecule has 0 aliphatic rings. The molecular weight excluding hydrogens is 446 g/mol. The highest BCUT2D eigenvalue weighted by Gasteiger charge is 2.20. The Hall–Kier alpha value is -4.05. The van der Waals surface area contributed by atoms with E-state index in [1.165, 1.54) is 30.3 Å². The van der Waals surface area contributed by atoms with Crippen LogP contribution in [0.3, 0.4) is 0 Å². The van der Waals surface area contributed by atoms with Gasteiger partial charge in [0, 0.05) is 0 Å². The molecule has 1 heterocycles. The van der Waals surface area contributed by atoms with Gasteiger partial charge in [-0.25, -0.2) is 4.79 Å². The molecule has 0 radical (unpaired) electrons. The van der Waals surface area contributed by atoms with Crippen LogP contribution in [0, 0.1) is 13.8 Å². The number of benzene rings is 3. The Kier molecular flexibility index (Phi) is 5.93. The first-order valence-electron chi connectivity index (χ1n) is 9.86. The molecule has 0 aliphatic heterocycles. The minimum absolute atomic E-state index is 0.0454. The van der Waals surface area contributed by atoms with E-state index in [-0.39, 0.29) is 16.2 Å². The lowest BCUT2D eigenvalue weighted by Gasteiger charge is -2.11. The van der Waals surface area contributed by atoms with E-state index in [9.17, 15) is 18.0 Å². The Bertz CT molecular complexity index is 1510. The summed E-state index contributed by atoms with van der Waals surface area (Å²) in [4.78, 5) is 24.8. The summed E-state index contributed by atoms with van der Waals surface area (Å²) in [5.41, 5.74) is 1.50. The molecule has 0 fully saturated rings. The van der Waals surface area contributed by atoms with Gasteiger partial charge in [-0.15, -0.1) is 5.10 Å². The maximum absolute atomic E-state index is 12.6. The van der Waals surface area contributed by atoms with Gasteiger partial charge >= 0.3 is 16.1 Å². The first-order valence-corrected chi connectivity index (χ1v) is 11.3. The zero-order valence-corrected chi connectivity index (χ0v) is 18.6. The molecule has 0 amide bonds. The number of esters is 1. The van der Waals surface area contributed by atoms with E-state index in [0.29, 0.717) is 16.5 Å². The second-order valence-electron chi connectivity index (χ2n) is 7.30. The fourth-order valence-electron chi connectivity index (χ4n) is 3.11. The Morgan fingerprint density at radius 2 is 1.73 bits per heavy atom. The van der Waals surface area contributed by atoms with Gasteiger partial charge in [0.05, 0.1) is 10.9 Å². The van der Waals surface area contributed by atoms with E-state index < -0.39 is 28.4 Å². The first kappa shape index (κ1) is 22.2. The smallest absolute Gasteiger partial charge is 0.339 e. The number of nitrogens with zero attached hydrogens (tertiary/aromatic N) is 3. The number of aryl methyl sites for hydroxylation is 2. The molecule has 0 saturated heterocycles. The van der Waals surface area contributed by atoms with Crippen LogP contribution in [0.15, 0.2) is 76.4 Å². The molecule has 0 saturated carbocycles. The lowest BCUT2D eigenvalue weighted by atomic mass is 10.2. The first-order chi connectivity index (χ1) is 15.7. The summed E-state index contributed by atoms with van der Waals surface area (Å²) >= 11 is 0. The number of ether oxygens (including phenoxy) is 1. The summed E-state index contributed by atoms with van der Waals surface area (Å²) in [6, 6.07) is 17.2. The molecule has 0 spiro atoms. The maximum Gasteiger partial charge on any atom is 0.339 e. The third-order valence-corrected chi connectivity index (χ3v) is 6.25. The van der Waals surface area contributed by atoms with Crippen LogP contribution >= 0.6 is 0 Å². The molecule has 10 heteroatoms. The topological polar surface area (TPSA) is 117 Å². The average molecular weight is 465 g/mol. The highest BCUT2D eigenvalue weighted by molar-refractivity contribution is 7.87. The van der Waals surface area contributed by atoms with Gasteiger partial charge in [-0.05, 0) is 67.4 Å². The van der Waals surface area contributed by atoms with E-state index >= 15 is 0 Å². The van der Waals surface area contributed by atoms with Crippen molar-refractivity contribution >= 4 is 27.0 Å². The van der Waals surface area contributed by atoms with Gasteiger partial charge in [-0.1, -0.05) is 29.5 Å². The molecule has 168 valence electrons. The van der Waals surface area contributed by atoms with Gasteiger partial charge in [0.1, 0.15) is 16.2 Å². The number of rotatable bonds is 6. The van der Waals surface area contributed by atoms with Gasteiger partial charge in [0.25, 0.3) is 5.56 Å². The molecule has 33 heavy (non-hydrogen) atoms. The van der Waals surface area contributed by atoms with E-state index in [1.807, 2.05) is 6.07 Å². The molecule has 0 N–H and O–H groups in total. The van der Waals surface area contributed by atoms with Crippen LogP contribution in [0.2, 0.25) is 0 Å². The summed E-state index contributed by atoms with van der Waals surface area (Å²) in [7, 11) is -4.04. The van der Waals surface area contributed by atoms with Gasteiger partial charge in [0.2, 0.25) is 0 Å². The van der Waals surface area contributed by atoms with E-state index in [1.54, 1.807) is 44.2 Å². The Morgan fingerprint density at radius 1 is 1.00 bits per heavy atom. The summed E-state index contributed by atoms with van der Waals surface area (Å²) in [5.74, 6) is -0.676. The van der Waals surface area contributed by atoms with Crippen molar-refractivity contribution in [2.75, 3.05) is 0 Å². The van der Waals surface area contributed by atoms with Crippen LogP contribution < -0.4 is 9.74 Å².